The van der Waals surface area contributed by atoms with Crippen LogP contribution in [-0.2, 0) is 0 Å². The molecule has 6 heteroatoms. The van der Waals surface area contributed by atoms with Crippen molar-refractivity contribution in [3.8, 4) is 11.8 Å². The largest absolute Gasteiger partial charge is 0.341 e. The quantitative estimate of drug-likeness (QED) is 0.700. The fourth-order valence-electron chi connectivity index (χ4n) is 3.66. The first-order chi connectivity index (χ1) is 14.1. The third-order valence-corrected chi connectivity index (χ3v) is 4.94. The molecule has 1 fully saturated rings. The zero-order chi connectivity index (χ0) is 20.2. The van der Waals surface area contributed by atoms with E-state index in [4.69, 9.17) is 4.98 Å². The molecular weight excluding hydrogens is 362 g/mol. The van der Waals surface area contributed by atoms with Crippen molar-refractivity contribution in [2.75, 3.05) is 45.2 Å². The number of nitrogens with zero attached hydrogens (tertiary/aromatic N) is 4. The minimum absolute atomic E-state index is 0.202. The van der Waals surface area contributed by atoms with Gasteiger partial charge in [0, 0.05) is 31.1 Å². The lowest BCUT2D eigenvalue weighted by Crippen LogP contribution is -2.52. The molecule has 0 atom stereocenters. The molecule has 6 nitrogen and oxygen atoms in total. The Kier molecular flexibility index (Phi) is 5.50. The number of fused-ring (bicyclic) bond motifs is 1. The molecule has 1 aliphatic rings. The molecule has 0 radical (unpaired) electrons. The summed E-state index contributed by atoms with van der Waals surface area (Å²) in [6.07, 6.45) is 0. The van der Waals surface area contributed by atoms with Crippen LogP contribution in [0.15, 0.2) is 54.6 Å². The molecule has 4 rings (SSSR count). The number of carbonyl (C=O) groups is 1. The molecule has 0 bridgehead atoms. The minimum atomic E-state index is -0.202. The molecule has 148 valence electrons. The number of amides is 1. The first-order valence-electron chi connectivity index (χ1n) is 9.81. The van der Waals surface area contributed by atoms with Crippen LogP contribution in [0.4, 0.5) is 10.7 Å². The molecule has 1 aliphatic heterocycles. The van der Waals surface area contributed by atoms with E-state index in [1.54, 1.807) is 4.57 Å². The minimum Gasteiger partial charge on any atom is -0.341 e. The molecule has 0 unspecified atom stereocenters. The lowest BCUT2D eigenvalue weighted by Gasteiger charge is -2.41. The van der Waals surface area contributed by atoms with Crippen molar-refractivity contribution in [3.05, 3.63) is 60.2 Å². The Balaban J connectivity index is 1.50. The van der Waals surface area contributed by atoms with Gasteiger partial charge in [0.1, 0.15) is 0 Å². The summed E-state index contributed by atoms with van der Waals surface area (Å²) in [6, 6.07) is 17.3. The molecule has 29 heavy (non-hydrogen) atoms. The molecular formula is C23H25N5O. The van der Waals surface area contributed by atoms with Gasteiger partial charge in [-0.05, 0) is 38.4 Å². The highest BCUT2D eigenvalue weighted by Gasteiger charge is 2.32. The van der Waals surface area contributed by atoms with Crippen molar-refractivity contribution in [1.82, 2.24) is 19.8 Å². The lowest BCUT2D eigenvalue weighted by atomic mass is 10.0. The molecule has 0 aliphatic carbocycles. The van der Waals surface area contributed by atoms with Crippen LogP contribution in [0.2, 0.25) is 0 Å². The number of hydrogen-bond donors (Lipinski definition) is 1. The van der Waals surface area contributed by atoms with Crippen molar-refractivity contribution in [1.29, 1.82) is 0 Å². The molecule has 1 saturated heterocycles. The Bertz CT molecular complexity index is 1060. The SMILES string of the molecule is CN(C)CC1CN(c2nc3ccccc3n2C(=O)NCC#Cc2ccccc2)C1. The van der Waals surface area contributed by atoms with Crippen LogP contribution in [0.1, 0.15) is 5.56 Å². The van der Waals surface area contributed by atoms with Gasteiger partial charge in [0.15, 0.2) is 0 Å². The first-order valence-corrected chi connectivity index (χ1v) is 9.81. The number of rotatable bonds is 4. The molecule has 2 heterocycles. The molecule has 1 amide bonds. The maximum absolute atomic E-state index is 13.0. The highest BCUT2D eigenvalue weighted by Crippen LogP contribution is 2.28. The second-order valence-corrected chi connectivity index (χ2v) is 7.60. The number of aromatic nitrogens is 2. The molecule has 2 aromatic carbocycles. The van der Waals surface area contributed by atoms with Gasteiger partial charge in [-0.15, -0.1) is 0 Å². The molecule has 0 spiro atoms. The number of para-hydroxylation sites is 2. The van der Waals surface area contributed by atoms with Crippen LogP contribution in [0.3, 0.4) is 0 Å². The number of hydrogen-bond acceptors (Lipinski definition) is 4. The third-order valence-electron chi connectivity index (χ3n) is 4.94. The normalized spacial score (nSPS) is 13.8. The molecule has 1 aromatic heterocycles. The molecule has 0 saturated carbocycles. The van der Waals surface area contributed by atoms with E-state index in [2.05, 4.69) is 41.1 Å². The predicted octanol–water partition coefficient (Wildman–Crippen LogP) is 2.64. The highest BCUT2D eigenvalue weighted by molar-refractivity contribution is 5.93. The van der Waals surface area contributed by atoms with Gasteiger partial charge in [0.25, 0.3) is 0 Å². The van der Waals surface area contributed by atoms with Gasteiger partial charge in [-0.1, -0.05) is 42.2 Å². The van der Waals surface area contributed by atoms with E-state index in [0.717, 1.165) is 36.2 Å². The Morgan fingerprint density at radius 3 is 2.62 bits per heavy atom. The Hall–Kier alpha value is -3.30. The van der Waals surface area contributed by atoms with E-state index in [1.807, 2.05) is 54.6 Å². The second-order valence-electron chi connectivity index (χ2n) is 7.60. The number of carbonyl (C=O) groups excluding carboxylic acids is 1. The van der Waals surface area contributed by atoms with E-state index in [-0.39, 0.29) is 12.6 Å². The van der Waals surface area contributed by atoms with Gasteiger partial charge < -0.3 is 15.1 Å². The van der Waals surface area contributed by atoms with Gasteiger partial charge in [0.05, 0.1) is 17.6 Å². The summed E-state index contributed by atoms with van der Waals surface area (Å²) < 4.78 is 1.67. The number of imidazole rings is 1. The van der Waals surface area contributed by atoms with Gasteiger partial charge in [0.2, 0.25) is 5.95 Å². The van der Waals surface area contributed by atoms with Crippen molar-refractivity contribution in [2.24, 2.45) is 5.92 Å². The van der Waals surface area contributed by atoms with Crippen LogP contribution >= 0.6 is 0 Å². The molecule has 3 aromatic rings. The van der Waals surface area contributed by atoms with Crippen molar-refractivity contribution >= 4 is 23.0 Å². The Morgan fingerprint density at radius 1 is 1.14 bits per heavy atom. The van der Waals surface area contributed by atoms with Gasteiger partial charge in [-0.3, -0.25) is 0 Å². The average molecular weight is 387 g/mol. The zero-order valence-electron chi connectivity index (χ0n) is 16.8. The van der Waals surface area contributed by atoms with Crippen LogP contribution in [-0.4, -0.2) is 60.8 Å². The van der Waals surface area contributed by atoms with E-state index in [0.29, 0.717) is 11.9 Å². The predicted molar refractivity (Wildman–Crippen MR) is 116 cm³/mol. The van der Waals surface area contributed by atoms with E-state index in [9.17, 15) is 4.79 Å². The fraction of sp³-hybridized carbons (Fsp3) is 0.304. The van der Waals surface area contributed by atoms with Crippen molar-refractivity contribution in [2.45, 2.75) is 0 Å². The summed E-state index contributed by atoms with van der Waals surface area (Å²) >= 11 is 0. The van der Waals surface area contributed by atoms with Crippen LogP contribution in [0.5, 0.6) is 0 Å². The maximum atomic E-state index is 13.0. The fourth-order valence-corrected chi connectivity index (χ4v) is 3.66. The highest BCUT2D eigenvalue weighted by atomic mass is 16.2. The van der Waals surface area contributed by atoms with Crippen LogP contribution in [0, 0.1) is 17.8 Å². The number of benzene rings is 2. The summed E-state index contributed by atoms with van der Waals surface area (Å²) in [6.45, 7) is 3.13. The van der Waals surface area contributed by atoms with Crippen molar-refractivity contribution < 1.29 is 4.79 Å². The second kappa shape index (κ2) is 8.38. The van der Waals surface area contributed by atoms with Gasteiger partial charge >= 0.3 is 6.03 Å². The maximum Gasteiger partial charge on any atom is 0.329 e. The van der Waals surface area contributed by atoms with Gasteiger partial charge in [-0.2, -0.15) is 0 Å². The summed E-state index contributed by atoms with van der Waals surface area (Å²) in [4.78, 5) is 22.1. The topological polar surface area (TPSA) is 53.4 Å². The van der Waals surface area contributed by atoms with Crippen molar-refractivity contribution in [3.63, 3.8) is 0 Å². The first kappa shape index (κ1) is 19.0. The molecule has 1 N–H and O–H groups in total. The van der Waals surface area contributed by atoms with Crippen LogP contribution < -0.4 is 10.2 Å². The lowest BCUT2D eigenvalue weighted by molar-refractivity contribution is 0.243. The Morgan fingerprint density at radius 2 is 1.86 bits per heavy atom. The summed E-state index contributed by atoms with van der Waals surface area (Å²) in [5.41, 5.74) is 2.57. The summed E-state index contributed by atoms with van der Waals surface area (Å²) in [5, 5.41) is 2.91. The summed E-state index contributed by atoms with van der Waals surface area (Å²) in [5.74, 6) is 7.37. The standard InChI is InChI=1S/C23H25N5O/c1-26(2)15-19-16-27(17-19)22-25-20-12-6-7-13-21(20)28(22)23(29)24-14-8-11-18-9-4-3-5-10-18/h3-7,9-10,12-13,19H,14-17H2,1-2H3,(H,24,29). The van der Waals surface area contributed by atoms with E-state index in [1.165, 1.54) is 0 Å². The van der Waals surface area contributed by atoms with E-state index >= 15 is 0 Å². The monoisotopic (exact) mass is 387 g/mol. The average Bonchev–Trinajstić information content (AvgIpc) is 3.07. The van der Waals surface area contributed by atoms with E-state index < -0.39 is 0 Å². The number of anilines is 1. The Labute approximate surface area is 171 Å². The smallest absolute Gasteiger partial charge is 0.329 e. The van der Waals surface area contributed by atoms with Gasteiger partial charge in [-0.25, -0.2) is 14.3 Å². The summed E-state index contributed by atoms with van der Waals surface area (Å²) in [7, 11) is 4.17. The van der Waals surface area contributed by atoms with Crippen LogP contribution in [0.25, 0.3) is 11.0 Å². The number of nitrogens with one attached hydrogen (secondary N) is 1. The zero-order valence-corrected chi connectivity index (χ0v) is 16.8. The third kappa shape index (κ3) is 4.25.